The van der Waals surface area contributed by atoms with Crippen LogP contribution in [0.3, 0.4) is 0 Å². The molecule has 0 spiro atoms. The first kappa shape index (κ1) is 19.6. The molecule has 4 saturated carbocycles. The lowest BCUT2D eigenvalue weighted by Crippen LogP contribution is -2.51. The first-order chi connectivity index (χ1) is 14.2. The Balaban J connectivity index is 1.29. The zero-order valence-electron chi connectivity index (χ0n) is 16.5. The van der Waals surface area contributed by atoms with Crippen molar-refractivity contribution in [3.05, 3.63) is 30.1 Å². The van der Waals surface area contributed by atoms with Gasteiger partial charge in [0.2, 0.25) is 5.82 Å². The molecule has 8 heteroatoms. The van der Waals surface area contributed by atoms with Gasteiger partial charge < -0.3 is 9.30 Å². The van der Waals surface area contributed by atoms with Crippen LogP contribution in [0.5, 0.6) is 0 Å². The number of benzene rings is 1. The molecule has 0 aliphatic heterocycles. The van der Waals surface area contributed by atoms with E-state index in [1.54, 1.807) is 12.1 Å². The standard InChI is InChI=1S/C22H23F3N2O3/c23-22(24,25)20-26-16-3-1-2-4-17(16)27(20)11-19(29)30-12-18(28)21-8-13-5-14(9-21)7-15(6-13)10-21/h1-4,13-15H,5-12H2. The summed E-state index contributed by atoms with van der Waals surface area (Å²) < 4.78 is 46.1. The zero-order chi connectivity index (χ0) is 21.1. The van der Waals surface area contributed by atoms with Crippen LogP contribution in [0.4, 0.5) is 13.2 Å². The Morgan fingerprint density at radius 3 is 2.27 bits per heavy atom. The third-order valence-electron chi connectivity index (χ3n) is 7.19. The molecular weight excluding hydrogens is 397 g/mol. The maximum atomic E-state index is 13.4. The highest BCUT2D eigenvalue weighted by atomic mass is 19.4. The van der Waals surface area contributed by atoms with Crippen LogP contribution in [0.25, 0.3) is 11.0 Å². The minimum atomic E-state index is -4.70. The smallest absolute Gasteiger partial charge is 0.449 e. The normalized spacial score (nSPS) is 30.0. The monoisotopic (exact) mass is 420 g/mol. The third kappa shape index (κ3) is 3.30. The van der Waals surface area contributed by atoms with E-state index in [0.29, 0.717) is 17.8 Å². The van der Waals surface area contributed by atoms with Crippen LogP contribution in [0.1, 0.15) is 44.3 Å². The molecular formula is C22H23F3N2O3. The number of Topliss-reactive ketones (excluding diaryl/α,β-unsaturated/α-hetero) is 1. The molecule has 0 N–H and O–H groups in total. The Bertz CT molecular complexity index is 975. The second-order valence-electron chi connectivity index (χ2n) is 9.29. The number of rotatable bonds is 5. The predicted octanol–water partition coefficient (Wildman–Crippen LogP) is 4.38. The fraction of sp³-hybridized carbons (Fsp3) is 0.591. The largest absolute Gasteiger partial charge is 0.456 e. The lowest BCUT2D eigenvalue weighted by molar-refractivity contribution is -0.159. The molecule has 0 atom stereocenters. The summed E-state index contributed by atoms with van der Waals surface area (Å²) in [6.45, 7) is -0.998. The zero-order valence-corrected chi connectivity index (χ0v) is 16.5. The second-order valence-corrected chi connectivity index (χ2v) is 9.29. The quantitative estimate of drug-likeness (QED) is 0.674. The predicted molar refractivity (Wildman–Crippen MR) is 101 cm³/mol. The summed E-state index contributed by atoms with van der Waals surface area (Å²) in [4.78, 5) is 29.0. The van der Waals surface area contributed by atoms with E-state index in [-0.39, 0.29) is 23.4 Å². The highest BCUT2D eigenvalue weighted by molar-refractivity contribution is 5.88. The molecule has 2 aromatic rings. The number of ketones is 1. The van der Waals surface area contributed by atoms with Crippen LogP contribution in [0.15, 0.2) is 24.3 Å². The molecule has 4 aliphatic rings. The topological polar surface area (TPSA) is 61.2 Å². The summed E-state index contributed by atoms with van der Waals surface area (Å²) in [5.74, 6) is -0.316. The molecule has 6 rings (SSSR count). The van der Waals surface area contributed by atoms with Crippen molar-refractivity contribution >= 4 is 22.8 Å². The van der Waals surface area contributed by atoms with Gasteiger partial charge in [-0.2, -0.15) is 13.2 Å². The van der Waals surface area contributed by atoms with Gasteiger partial charge in [-0.15, -0.1) is 0 Å². The second kappa shape index (κ2) is 6.82. The van der Waals surface area contributed by atoms with Gasteiger partial charge in [-0.05, 0) is 68.4 Å². The van der Waals surface area contributed by atoms with Crippen LogP contribution in [0.2, 0.25) is 0 Å². The first-order valence-corrected chi connectivity index (χ1v) is 10.4. The number of ether oxygens (including phenoxy) is 1. The molecule has 0 saturated heterocycles. The van der Waals surface area contributed by atoms with E-state index < -0.39 is 29.9 Å². The Morgan fingerprint density at radius 2 is 1.67 bits per heavy atom. The van der Waals surface area contributed by atoms with E-state index in [1.165, 1.54) is 31.4 Å². The number of aromatic nitrogens is 2. The van der Waals surface area contributed by atoms with Crippen molar-refractivity contribution in [2.75, 3.05) is 6.61 Å². The number of halogens is 3. The van der Waals surface area contributed by atoms with Gasteiger partial charge in [0.25, 0.3) is 0 Å². The number of alkyl halides is 3. The summed E-state index contributed by atoms with van der Waals surface area (Å²) in [5, 5.41) is 0. The SMILES string of the molecule is O=C(Cn1c(C(F)(F)F)nc2ccccc21)OCC(=O)C12CC3CC(CC(C3)C1)C2. The molecule has 5 nitrogen and oxygen atoms in total. The van der Waals surface area contributed by atoms with Crippen molar-refractivity contribution in [1.82, 2.24) is 9.55 Å². The van der Waals surface area contributed by atoms with Gasteiger partial charge in [0.15, 0.2) is 12.4 Å². The van der Waals surface area contributed by atoms with Crippen molar-refractivity contribution in [2.24, 2.45) is 23.2 Å². The maximum Gasteiger partial charge on any atom is 0.449 e. The van der Waals surface area contributed by atoms with Crippen molar-refractivity contribution in [3.8, 4) is 0 Å². The molecule has 0 unspecified atom stereocenters. The lowest BCUT2D eigenvalue weighted by Gasteiger charge is -2.55. The van der Waals surface area contributed by atoms with Crippen molar-refractivity contribution in [3.63, 3.8) is 0 Å². The van der Waals surface area contributed by atoms with Gasteiger partial charge in [0, 0.05) is 5.41 Å². The van der Waals surface area contributed by atoms with E-state index >= 15 is 0 Å². The van der Waals surface area contributed by atoms with Gasteiger partial charge >= 0.3 is 12.1 Å². The molecule has 1 heterocycles. The average molecular weight is 420 g/mol. The minimum Gasteiger partial charge on any atom is -0.456 e. The number of esters is 1. The summed E-state index contributed by atoms with van der Waals surface area (Å²) in [7, 11) is 0. The molecule has 4 bridgehead atoms. The Morgan fingerprint density at radius 1 is 1.07 bits per heavy atom. The van der Waals surface area contributed by atoms with E-state index in [9.17, 15) is 22.8 Å². The van der Waals surface area contributed by atoms with Crippen LogP contribution >= 0.6 is 0 Å². The van der Waals surface area contributed by atoms with Crippen LogP contribution in [-0.2, 0) is 27.0 Å². The van der Waals surface area contributed by atoms with Crippen molar-refractivity contribution in [1.29, 1.82) is 0 Å². The fourth-order valence-electron chi connectivity index (χ4n) is 6.38. The number of imidazole rings is 1. The number of hydrogen-bond donors (Lipinski definition) is 0. The molecule has 1 aromatic carbocycles. The van der Waals surface area contributed by atoms with Crippen LogP contribution in [0, 0.1) is 23.2 Å². The number of fused-ring (bicyclic) bond motifs is 1. The van der Waals surface area contributed by atoms with Crippen molar-refractivity contribution in [2.45, 2.75) is 51.2 Å². The minimum absolute atomic E-state index is 0.0681. The van der Waals surface area contributed by atoms with E-state index in [0.717, 1.165) is 23.8 Å². The highest BCUT2D eigenvalue weighted by Crippen LogP contribution is 2.60. The summed E-state index contributed by atoms with van der Waals surface area (Å²) in [6.07, 6.45) is 1.47. The van der Waals surface area contributed by atoms with Crippen molar-refractivity contribution < 1.29 is 27.5 Å². The molecule has 160 valence electrons. The number of carbonyl (C=O) groups excluding carboxylic acids is 2. The van der Waals surface area contributed by atoms with Crippen LogP contribution in [-0.4, -0.2) is 27.9 Å². The maximum absolute atomic E-state index is 13.4. The third-order valence-corrected chi connectivity index (χ3v) is 7.19. The lowest BCUT2D eigenvalue weighted by atomic mass is 9.48. The van der Waals surface area contributed by atoms with Crippen LogP contribution < -0.4 is 0 Å². The molecule has 1 aromatic heterocycles. The highest BCUT2D eigenvalue weighted by Gasteiger charge is 2.54. The molecule has 4 aliphatic carbocycles. The Hall–Kier alpha value is -2.38. The molecule has 4 fully saturated rings. The van der Waals surface area contributed by atoms with Gasteiger partial charge in [0.05, 0.1) is 11.0 Å². The van der Waals surface area contributed by atoms with E-state index in [1.807, 2.05) is 0 Å². The van der Waals surface area contributed by atoms with Gasteiger partial charge in [-0.3, -0.25) is 9.59 Å². The summed E-state index contributed by atoms with van der Waals surface area (Å²) in [5.41, 5.74) is -0.0371. The number of hydrogen-bond acceptors (Lipinski definition) is 4. The number of para-hydroxylation sites is 2. The summed E-state index contributed by atoms with van der Waals surface area (Å²) in [6, 6.07) is 6.11. The molecule has 0 radical (unpaired) electrons. The molecule has 30 heavy (non-hydrogen) atoms. The van der Waals surface area contributed by atoms with Gasteiger partial charge in [0.1, 0.15) is 6.54 Å². The summed E-state index contributed by atoms with van der Waals surface area (Å²) >= 11 is 0. The van der Waals surface area contributed by atoms with E-state index in [4.69, 9.17) is 4.74 Å². The fourth-order valence-corrected chi connectivity index (χ4v) is 6.38. The van der Waals surface area contributed by atoms with Gasteiger partial charge in [-0.1, -0.05) is 12.1 Å². The van der Waals surface area contributed by atoms with E-state index in [2.05, 4.69) is 4.98 Å². The van der Waals surface area contributed by atoms with Gasteiger partial charge in [-0.25, -0.2) is 4.98 Å². The Kier molecular flexibility index (Phi) is 4.45. The number of carbonyl (C=O) groups is 2. The first-order valence-electron chi connectivity index (χ1n) is 10.4. The Labute approximate surface area is 171 Å². The molecule has 0 amide bonds. The average Bonchev–Trinajstić information content (AvgIpc) is 3.04. The number of nitrogens with zero attached hydrogens (tertiary/aromatic N) is 2.